The normalized spacial score (nSPS) is 14.0. The molecule has 5 nitrogen and oxygen atoms in total. The Morgan fingerprint density at radius 1 is 1.08 bits per heavy atom. The van der Waals surface area contributed by atoms with Gasteiger partial charge in [0.05, 0.1) is 18.7 Å². The van der Waals surface area contributed by atoms with Gasteiger partial charge in [-0.25, -0.2) is 0 Å². The number of methoxy groups -OCH3 is 1. The number of ether oxygens (including phenoxy) is 3. The molecule has 1 aliphatic rings. The molecular weight excluding hydrogens is 330 g/mol. The number of amides is 1. The molecule has 1 amide bonds. The highest BCUT2D eigenvalue weighted by Gasteiger charge is 2.23. The largest absolute Gasteiger partial charge is 0.496 e. The monoisotopic (exact) mass is 355 g/mol. The summed E-state index contributed by atoms with van der Waals surface area (Å²) in [5.41, 5.74) is 2.54. The van der Waals surface area contributed by atoms with Gasteiger partial charge in [0.25, 0.3) is 5.91 Å². The van der Waals surface area contributed by atoms with Crippen molar-refractivity contribution in [2.75, 3.05) is 20.3 Å². The molecule has 1 heterocycles. The second-order valence-electron chi connectivity index (χ2n) is 6.80. The van der Waals surface area contributed by atoms with Gasteiger partial charge in [-0.1, -0.05) is 31.5 Å². The number of hydrogen-bond donors (Lipinski definition) is 1. The smallest absolute Gasteiger partial charge is 0.255 e. The summed E-state index contributed by atoms with van der Waals surface area (Å²) < 4.78 is 16.6. The van der Waals surface area contributed by atoms with E-state index in [9.17, 15) is 4.79 Å². The molecule has 0 saturated heterocycles. The van der Waals surface area contributed by atoms with E-state index < -0.39 is 0 Å². The first-order chi connectivity index (χ1) is 12.5. The fraction of sp³-hybridized carbons (Fsp3) is 0.381. The van der Waals surface area contributed by atoms with Crippen LogP contribution in [0.1, 0.15) is 41.4 Å². The zero-order valence-corrected chi connectivity index (χ0v) is 15.7. The average molecular weight is 355 g/mol. The first-order valence-electron chi connectivity index (χ1n) is 8.84. The van der Waals surface area contributed by atoms with Crippen molar-refractivity contribution < 1.29 is 19.0 Å². The number of rotatable bonds is 5. The van der Waals surface area contributed by atoms with Crippen LogP contribution in [0.2, 0.25) is 0 Å². The summed E-state index contributed by atoms with van der Waals surface area (Å²) in [6, 6.07) is 11.3. The Morgan fingerprint density at radius 2 is 1.81 bits per heavy atom. The highest BCUT2D eigenvalue weighted by molar-refractivity contribution is 5.97. The predicted octanol–water partition coefficient (Wildman–Crippen LogP) is 3.90. The van der Waals surface area contributed by atoms with E-state index in [1.807, 2.05) is 43.3 Å². The van der Waals surface area contributed by atoms with Gasteiger partial charge in [0, 0.05) is 0 Å². The van der Waals surface area contributed by atoms with Gasteiger partial charge in [-0.15, -0.1) is 0 Å². The summed E-state index contributed by atoms with van der Waals surface area (Å²) in [6.45, 7) is 7.21. The third-order valence-electron chi connectivity index (χ3n) is 4.48. The van der Waals surface area contributed by atoms with Crippen LogP contribution in [0.5, 0.6) is 17.2 Å². The molecule has 3 rings (SSSR count). The van der Waals surface area contributed by atoms with Gasteiger partial charge in [0.15, 0.2) is 11.5 Å². The molecule has 0 bridgehead atoms. The molecule has 0 saturated carbocycles. The number of aryl methyl sites for hydroxylation is 1. The van der Waals surface area contributed by atoms with Crippen LogP contribution in [0.15, 0.2) is 36.4 Å². The van der Waals surface area contributed by atoms with Crippen LogP contribution < -0.4 is 19.5 Å². The molecule has 0 radical (unpaired) electrons. The Balaban J connectivity index is 1.87. The zero-order chi connectivity index (χ0) is 18.7. The molecule has 0 spiro atoms. The van der Waals surface area contributed by atoms with Gasteiger partial charge < -0.3 is 19.5 Å². The van der Waals surface area contributed by atoms with Crippen molar-refractivity contribution in [3.8, 4) is 17.2 Å². The quantitative estimate of drug-likeness (QED) is 0.884. The lowest BCUT2D eigenvalue weighted by Crippen LogP contribution is -2.32. The first kappa shape index (κ1) is 18.1. The third-order valence-corrected chi connectivity index (χ3v) is 4.48. The lowest BCUT2D eigenvalue weighted by molar-refractivity contribution is 0.0922. The number of carbonyl (C=O) groups excluding carboxylic acids is 1. The van der Waals surface area contributed by atoms with Crippen molar-refractivity contribution in [3.63, 3.8) is 0 Å². The van der Waals surface area contributed by atoms with Crippen molar-refractivity contribution in [2.24, 2.45) is 5.92 Å². The van der Waals surface area contributed by atoms with Crippen molar-refractivity contribution in [3.05, 3.63) is 53.1 Å². The fourth-order valence-electron chi connectivity index (χ4n) is 3.11. The van der Waals surface area contributed by atoms with Crippen LogP contribution in [-0.2, 0) is 0 Å². The van der Waals surface area contributed by atoms with Gasteiger partial charge >= 0.3 is 0 Å². The Hall–Kier alpha value is -2.69. The Labute approximate surface area is 154 Å². The van der Waals surface area contributed by atoms with Crippen LogP contribution in [0.3, 0.4) is 0 Å². The summed E-state index contributed by atoms with van der Waals surface area (Å²) in [7, 11) is 1.57. The van der Waals surface area contributed by atoms with E-state index in [2.05, 4.69) is 19.2 Å². The van der Waals surface area contributed by atoms with Crippen LogP contribution >= 0.6 is 0 Å². The van der Waals surface area contributed by atoms with Crippen molar-refractivity contribution in [1.82, 2.24) is 5.32 Å². The second-order valence-corrected chi connectivity index (χ2v) is 6.80. The number of hydrogen-bond acceptors (Lipinski definition) is 4. The molecular formula is C21H25NO4. The first-order valence-corrected chi connectivity index (χ1v) is 8.84. The minimum absolute atomic E-state index is 0.149. The lowest BCUT2D eigenvalue weighted by atomic mass is 9.95. The lowest BCUT2D eigenvalue weighted by Gasteiger charge is -2.26. The van der Waals surface area contributed by atoms with Gasteiger partial charge in [-0.05, 0) is 42.7 Å². The molecule has 0 fully saturated rings. The van der Waals surface area contributed by atoms with E-state index in [0.29, 0.717) is 24.5 Å². The molecule has 138 valence electrons. The van der Waals surface area contributed by atoms with Crippen LogP contribution in [0, 0.1) is 12.8 Å². The summed E-state index contributed by atoms with van der Waals surface area (Å²) >= 11 is 0. The standard InChI is InChI=1S/C21H25NO4/c1-13(2)20(15-6-8-18-19(12-15)26-10-9-25-18)22-21(23)16-11-14(3)5-7-17(16)24-4/h5-8,11-13,20H,9-10H2,1-4H3,(H,22,23). The van der Waals surface area contributed by atoms with Crippen molar-refractivity contribution in [2.45, 2.75) is 26.8 Å². The number of carbonyl (C=O) groups is 1. The summed E-state index contributed by atoms with van der Waals surface area (Å²) in [5.74, 6) is 2.09. The Morgan fingerprint density at radius 3 is 2.50 bits per heavy atom. The fourth-order valence-corrected chi connectivity index (χ4v) is 3.11. The van der Waals surface area contributed by atoms with E-state index >= 15 is 0 Å². The summed E-state index contributed by atoms with van der Waals surface area (Å²) in [6.07, 6.45) is 0. The predicted molar refractivity (Wildman–Crippen MR) is 100 cm³/mol. The molecule has 26 heavy (non-hydrogen) atoms. The molecule has 5 heteroatoms. The maximum Gasteiger partial charge on any atom is 0.255 e. The minimum atomic E-state index is -0.154. The Bertz CT molecular complexity index is 801. The molecule has 0 aliphatic carbocycles. The van der Waals surface area contributed by atoms with Crippen molar-refractivity contribution >= 4 is 5.91 Å². The maximum atomic E-state index is 12.9. The Kier molecular flexibility index (Phi) is 5.35. The molecule has 2 aromatic carbocycles. The summed E-state index contributed by atoms with van der Waals surface area (Å²) in [4.78, 5) is 12.9. The highest BCUT2D eigenvalue weighted by atomic mass is 16.6. The molecule has 0 aromatic heterocycles. The maximum absolute atomic E-state index is 12.9. The van der Waals surface area contributed by atoms with Crippen molar-refractivity contribution in [1.29, 1.82) is 0 Å². The minimum Gasteiger partial charge on any atom is -0.496 e. The zero-order valence-electron chi connectivity index (χ0n) is 15.7. The topological polar surface area (TPSA) is 56.8 Å². The molecule has 1 aliphatic heterocycles. The molecule has 1 atom stereocenters. The van der Waals surface area contributed by atoms with Gasteiger partial charge in [0.1, 0.15) is 19.0 Å². The van der Waals surface area contributed by atoms with Crippen LogP contribution in [0.25, 0.3) is 0 Å². The average Bonchev–Trinajstić information content (AvgIpc) is 2.65. The van der Waals surface area contributed by atoms with Gasteiger partial charge in [-0.3, -0.25) is 4.79 Å². The van der Waals surface area contributed by atoms with E-state index in [0.717, 1.165) is 22.6 Å². The van der Waals surface area contributed by atoms with E-state index in [-0.39, 0.29) is 17.9 Å². The number of nitrogens with one attached hydrogen (secondary N) is 1. The SMILES string of the molecule is COc1ccc(C)cc1C(=O)NC(c1ccc2c(c1)OCCO2)C(C)C. The van der Waals surface area contributed by atoms with Gasteiger partial charge in [0.2, 0.25) is 0 Å². The van der Waals surface area contributed by atoms with E-state index in [4.69, 9.17) is 14.2 Å². The molecule has 1 unspecified atom stereocenters. The number of benzene rings is 2. The van der Waals surface area contributed by atoms with E-state index in [1.165, 1.54) is 0 Å². The highest BCUT2D eigenvalue weighted by Crippen LogP contribution is 2.34. The second kappa shape index (κ2) is 7.68. The molecule has 2 aromatic rings. The van der Waals surface area contributed by atoms with E-state index in [1.54, 1.807) is 7.11 Å². The third kappa shape index (κ3) is 3.77. The van der Waals surface area contributed by atoms with Crippen LogP contribution in [0.4, 0.5) is 0 Å². The van der Waals surface area contributed by atoms with Crippen LogP contribution in [-0.4, -0.2) is 26.2 Å². The summed E-state index contributed by atoms with van der Waals surface area (Å²) in [5, 5.41) is 3.14. The molecule has 1 N–H and O–H groups in total. The van der Waals surface area contributed by atoms with Gasteiger partial charge in [-0.2, -0.15) is 0 Å². The number of fused-ring (bicyclic) bond motifs is 1.